The number of anilines is 1. The molecule has 1 aromatic rings. The van der Waals surface area contributed by atoms with Crippen LogP contribution in [0.4, 0.5) is 5.69 Å². The van der Waals surface area contributed by atoms with Gasteiger partial charge in [-0.2, -0.15) is 0 Å². The smallest absolute Gasteiger partial charge is 0.220 e. The van der Waals surface area contributed by atoms with E-state index in [9.17, 15) is 4.79 Å². The van der Waals surface area contributed by atoms with Gasteiger partial charge in [-0.3, -0.25) is 4.79 Å². The molecule has 3 nitrogen and oxygen atoms in total. The van der Waals surface area contributed by atoms with Gasteiger partial charge in [0.1, 0.15) is 0 Å². The summed E-state index contributed by atoms with van der Waals surface area (Å²) in [5.74, 6) is 0.108. The van der Waals surface area contributed by atoms with E-state index in [-0.39, 0.29) is 11.9 Å². The van der Waals surface area contributed by atoms with E-state index in [4.69, 9.17) is 5.73 Å². The maximum atomic E-state index is 11.5. The van der Waals surface area contributed by atoms with Gasteiger partial charge in [-0.1, -0.05) is 25.5 Å². The Kier molecular flexibility index (Phi) is 4.83. The van der Waals surface area contributed by atoms with Crippen LogP contribution in [0.3, 0.4) is 0 Å². The second-order valence-electron chi connectivity index (χ2n) is 4.06. The second kappa shape index (κ2) is 6.16. The lowest BCUT2D eigenvalue weighted by molar-refractivity contribution is -0.121. The first-order valence-electron chi connectivity index (χ1n) is 5.78. The monoisotopic (exact) mass is 220 g/mol. The molecule has 0 fully saturated rings. The molecule has 0 aliphatic rings. The zero-order valence-electron chi connectivity index (χ0n) is 9.99. The fourth-order valence-corrected chi connectivity index (χ4v) is 1.56. The number of nitrogens with one attached hydrogen (secondary N) is 1. The molecule has 3 heteroatoms. The highest BCUT2D eigenvalue weighted by Crippen LogP contribution is 2.15. The van der Waals surface area contributed by atoms with Gasteiger partial charge in [0.25, 0.3) is 0 Å². The third kappa shape index (κ3) is 3.93. The summed E-state index contributed by atoms with van der Waals surface area (Å²) in [5, 5.41) is 2.96. The number of carbonyl (C=O) groups is 1. The molecule has 0 bridgehead atoms. The number of benzene rings is 1. The lowest BCUT2D eigenvalue weighted by Crippen LogP contribution is -2.26. The standard InChI is InChI=1S/C13H20N2O/c1-3-4-8-13(16)15-10(2)11-6-5-7-12(14)9-11/h5-7,9-10H,3-4,8,14H2,1-2H3,(H,15,16). The largest absolute Gasteiger partial charge is 0.399 e. The van der Waals surface area contributed by atoms with E-state index < -0.39 is 0 Å². The van der Waals surface area contributed by atoms with Crippen LogP contribution in [-0.4, -0.2) is 5.91 Å². The average Bonchev–Trinajstić information content (AvgIpc) is 2.26. The number of unbranched alkanes of at least 4 members (excludes halogenated alkanes) is 1. The fourth-order valence-electron chi connectivity index (χ4n) is 1.56. The maximum absolute atomic E-state index is 11.5. The Hall–Kier alpha value is -1.51. The van der Waals surface area contributed by atoms with Crippen LogP contribution in [0.15, 0.2) is 24.3 Å². The van der Waals surface area contributed by atoms with E-state index in [1.165, 1.54) is 0 Å². The SMILES string of the molecule is CCCCC(=O)NC(C)c1cccc(N)c1. The zero-order chi connectivity index (χ0) is 12.0. The summed E-state index contributed by atoms with van der Waals surface area (Å²) < 4.78 is 0. The minimum absolute atomic E-state index is 0.0212. The van der Waals surface area contributed by atoms with Crippen molar-refractivity contribution in [3.8, 4) is 0 Å². The fraction of sp³-hybridized carbons (Fsp3) is 0.462. The first-order chi connectivity index (χ1) is 7.63. The molecule has 0 heterocycles. The Labute approximate surface area is 97.0 Å². The van der Waals surface area contributed by atoms with E-state index in [1.54, 1.807) is 0 Å². The van der Waals surface area contributed by atoms with Crippen molar-refractivity contribution in [2.75, 3.05) is 5.73 Å². The Bertz CT molecular complexity index is 350. The molecule has 16 heavy (non-hydrogen) atoms. The molecule has 0 aliphatic heterocycles. The number of nitrogens with two attached hydrogens (primary N) is 1. The predicted octanol–water partition coefficient (Wildman–Crippen LogP) is 2.64. The van der Waals surface area contributed by atoms with Gasteiger partial charge < -0.3 is 11.1 Å². The lowest BCUT2D eigenvalue weighted by atomic mass is 10.1. The van der Waals surface area contributed by atoms with Gasteiger partial charge in [-0.05, 0) is 31.0 Å². The molecule has 88 valence electrons. The summed E-state index contributed by atoms with van der Waals surface area (Å²) in [4.78, 5) is 11.5. The number of carbonyl (C=O) groups excluding carboxylic acids is 1. The minimum Gasteiger partial charge on any atom is -0.399 e. The summed E-state index contributed by atoms with van der Waals surface area (Å²) in [6.45, 7) is 4.05. The van der Waals surface area contributed by atoms with E-state index in [1.807, 2.05) is 31.2 Å². The van der Waals surface area contributed by atoms with E-state index in [0.717, 1.165) is 24.1 Å². The summed E-state index contributed by atoms with van der Waals surface area (Å²) in [6.07, 6.45) is 2.58. The van der Waals surface area contributed by atoms with Gasteiger partial charge in [-0.15, -0.1) is 0 Å². The molecule has 1 unspecified atom stereocenters. The first-order valence-corrected chi connectivity index (χ1v) is 5.78. The maximum Gasteiger partial charge on any atom is 0.220 e. The van der Waals surface area contributed by atoms with Crippen LogP contribution in [0.1, 0.15) is 44.7 Å². The van der Waals surface area contributed by atoms with Crippen LogP contribution in [0.2, 0.25) is 0 Å². The van der Waals surface area contributed by atoms with Crippen LogP contribution in [-0.2, 0) is 4.79 Å². The van der Waals surface area contributed by atoms with Crippen LogP contribution in [0.5, 0.6) is 0 Å². The van der Waals surface area contributed by atoms with Gasteiger partial charge in [0.2, 0.25) is 5.91 Å². The van der Waals surface area contributed by atoms with Crippen molar-refractivity contribution in [1.29, 1.82) is 0 Å². The molecule has 3 N–H and O–H groups in total. The molecule has 0 saturated heterocycles. The Balaban J connectivity index is 2.52. The van der Waals surface area contributed by atoms with Gasteiger partial charge >= 0.3 is 0 Å². The summed E-state index contributed by atoms with van der Waals surface area (Å²) in [5.41, 5.74) is 7.47. The third-order valence-corrected chi connectivity index (χ3v) is 2.55. The van der Waals surface area contributed by atoms with Crippen LogP contribution < -0.4 is 11.1 Å². The van der Waals surface area contributed by atoms with Crippen molar-refractivity contribution >= 4 is 11.6 Å². The molecular weight excluding hydrogens is 200 g/mol. The van der Waals surface area contributed by atoms with Crippen molar-refractivity contribution in [2.45, 2.75) is 39.2 Å². The molecule has 0 saturated carbocycles. The topological polar surface area (TPSA) is 55.1 Å². The summed E-state index contributed by atoms with van der Waals surface area (Å²) in [6, 6.07) is 7.63. The van der Waals surface area contributed by atoms with Crippen molar-refractivity contribution < 1.29 is 4.79 Å². The van der Waals surface area contributed by atoms with E-state index >= 15 is 0 Å². The molecule has 0 radical (unpaired) electrons. The zero-order valence-corrected chi connectivity index (χ0v) is 9.99. The highest BCUT2D eigenvalue weighted by Gasteiger charge is 2.08. The van der Waals surface area contributed by atoms with Crippen LogP contribution in [0.25, 0.3) is 0 Å². The van der Waals surface area contributed by atoms with E-state index in [2.05, 4.69) is 12.2 Å². The predicted molar refractivity (Wildman–Crippen MR) is 66.9 cm³/mol. The Morgan fingerprint density at radius 2 is 2.25 bits per heavy atom. The molecule has 1 amide bonds. The second-order valence-corrected chi connectivity index (χ2v) is 4.06. The number of nitrogen functional groups attached to an aromatic ring is 1. The summed E-state index contributed by atoms with van der Waals surface area (Å²) >= 11 is 0. The molecule has 1 aromatic carbocycles. The van der Waals surface area contributed by atoms with Crippen molar-refractivity contribution in [3.05, 3.63) is 29.8 Å². The molecule has 0 aliphatic carbocycles. The molecular formula is C13H20N2O. The highest BCUT2D eigenvalue weighted by atomic mass is 16.1. The Morgan fingerprint density at radius 1 is 1.50 bits per heavy atom. The third-order valence-electron chi connectivity index (χ3n) is 2.55. The normalized spacial score (nSPS) is 12.1. The average molecular weight is 220 g/mol. The van der Waals surface area contributed by atoms with E-state index in [0.29, 0.717) is 6.42 Å². The Morgan fingerprint density at radius 3 is 2.88 bits per heavy atom. The van der Waals surface area contributed by atoms with Crippen LogP contribution in [0, 0.1) is 0 Å². The summed E-state index contributed by atoms with van der Waals surface area (Å²) in [7, 11) is 0. The van der Waals surface area contributed by atoms with Crippen molar-refractivity contribution in [1.82, 2.24) is 5.32 Å². The lowest BCUT2D eigenvalue weighted by Gasteiger charge is -2.14. The van der Waals surface area contributed by atoms with Gasteiger partial charge in [0.15, 0.2) is 0 Å². The highest BCUT2D eigenvalue weighted by molar-refractivity contribution is 5.76. The number of hydrogen-bond acceptors (Lipinski definition) is 2. The molecule has 0 aromatic heterocycles. The van der Waals surface area contributed by atoms with Crippen molar-refractivity contribution in [2.24, 2.45) is 0 Å². The van der Waals surface area contributed by atoms with Crippen LogP contribution >= 0.6 is 0 Å². The number of hydrogen-bond donors (Lipinski definition) is 2. The van der Waals surface area contributed by atoms with Gasteiger partial charge in [0, 0.05) is 12.1 Å². The van der Waals surface area contributed by atoms with Crippen molar-refractivity contribution in [3.63, 3.8) is 0 Å². The molecule has 1 atom stereocenters. The minimum atomic E-state index is 0.0212. The number of rotatable bonds is 5. The number of amides is 1. The first kappa shape index (κ1) is 12.6. The van der Waals surface area contributed by atoms with Gasteiger partial charge in [0.05, 0.1) is 6.04 Å². The molecule has 0 spiro atoms. The quantitative estimate of drug-likeness (QED) is 0.749. The van der Waals surface area contributed by atoms with Gasteiger partial charge in [-0.25, -0.2) is 0 Å². The molecule has 1 rings (SSSR count).